The van der Waals surface area contributed by atoms with Gasteiger partial charge in [0.1, 0.15) is 0 Å². The summed E-state index contributed by atoms with van der Waals surface area (Å²) >= 11 is 0. The van der Waals surface area contributed by atoms with Gasteiger partial charge in [-0.15, -0.1) is 0 Å². The van der Waals surface area contributed by atoms with Crippen molar-refractivity contribution in [2.45, 2.75) is 20.3 Å². The highest BCUT2D eigenvalue weighted by Gasteiger charge is 1.98. The molecule has 8 heavy (non-hydrogen) atoms. The van der Waals surface area contributed by atoms with Crippen LogP contribution in [0.4, 0.5) is 0 Å². The van der Waals surface area contributed by atoms with Crippen molar-refractivity contribution in [1.29, 1.82) is 0 Å². The SMILES string of the molecule is CC1=CC(C)CC=C1. The van der Waals surface area contributed by atoms with Crippen LogP contribution in [0.1, 0.15) is 20.3 Å². The largest absolute Gasteiger partial charge is 0.0837 e. The monoisotopic (exact) mass is 108 g/mol. The molecule has 1 aliphatic rings. The van der Waals surface area contributed by atoms with Crippen LogP contribution < -0.4 is 0 Å². The van der Waals surface area contributed by atoms with Crippen LogP contribution in [-0.2, 0) is 0 Å². The van der Waals surface area contributed by atoms with E-state index in [1.807, 2.05) is 0 Å². The third kappa shape index (κ3) is 1.22. The fraction of sp³-hybridized carbons (Fsp3) is 0.500. The van der Waals surface area contributed by atoms with E-state index in [0.29, 0.717) is 0 Å². The maximum absolute atomic E-state index is 2.31. The molecule has 0 aliphatic heterocycles. The summed E-state index contributed by atoms with van der Waals surface area (Å²) in [6.45, 7) is 4.39. The summed E-state index contributed by atoms with van der Waals surface area (Å²) in [6, 6.07) is 0. The second-order valence-corrected chi connectivity index (χ2v) is 2.53. The van der Waals surface area contributed by atoms with Crippen molar-refractivity contribution in [2.75, 3.05) is 0 Å². The van der Waals surface area contributed by atoms with Gasteiger partial charge in [0, 0.05) is 0 Å². The van der Waals surface area contributed by atoms with Gasteiger partial charge in [0.2, 0.25) is 0 Å². The van der Waals surface area contributed by atoms with E-state index in [1.54, 1.807) is 0 Å². The van der Waals surface area contributed by atoms with Crippen LogP contribution in [0.3, 0.4) is 0 Å². The minimum atomic E-state index is 0.764. The van der Waals surface area contributed by atoms with Crippen molar-refractivity contribution >= 4 is 0 Å². The molecule has 0 aromatic rings. The molecule has 0 spiro atoms. The van der Waals surface area contributed by atoms with Crippen LogP contribution in [-0.4, -0.2) is 0 Å². The summed E-state index contributed by atoms with van der Waals surface area (Å²) in [5.74, 6) is 0.764. The molecule has 0 aromatic heterocycles. The molecule has 0 radical (unpaired) electrons. The van der Waals surface area contributed by atoms with Crippen LogP contribution in [0.15, 0.2) is 23.8 Å². The number of allylic oxidation sites excluding steroid dienone is 4. The molecule has 0 saturated heterocycles. The normalized spacial score (nSPS) is 27.8. The Kier molecular flexibility index (Phi) is 1.52. The Bertz CT molecular complexity index is 129. The molecule has 0 heterocycles. The van der Waals surface area contributed by atoms with E-state index in [-0.39, 0.29) is 0 Å². The van der Waals surface area contributed by atoms with Crippen LogP contribution in [0, 0.1) is 5.92 Å². The lowest BCUT2D eigenvalue weighted by atomic mass is 9.99. The molecule has 0 nitrogen and oxygen atoms in total. The second-order valence-electron chi connectivity index (χ2n) is 2.53. The summed E-state index contributed by atoms with van der Waals surface area (Å²) in [4.78, 5) is 0. The fourth-order valence-electron chi connectivity index (χ4n) is 1.04. The van der Waals surface area contributed by atoms with Crippen molar-refractivity contribution < 1.29 is 0 Å². The molecule has 1 rings (SSSR count). The average molecular weight is 108 g/mol. The van der Waals surface area contributed by atoms with E-state index in [4.69, 9.17) is 0 Å². The highest BCUT2D eigenvalue weighted by atomic mass is 14.0. The summed E-state index contributed by atoms with van der Waals surface area (Å²) in [7, 11) is 0. The first kappa shape index (κ1) is 5.61. The third-order valence-electron chi connectivity index (χ3n) is 1.44. The molecule has 0 N–H and O–H groups in total. The topological polar surface area (TPSA) is 0 Å². The minimum absolute atomic E-state index is 0.764. The van der Waals surface area contributed by atoms with E-state index < -0.39 is 0 Å². The van der Waals surface area contributed by atoms with Gasteiger partial charge in [-0.1, -0.05) is 30.7 Å². The maximum Gasteiger partial charge on any atom is -0.0222 e. The van der Waals surface area contributed by atoms with Crippen LogP contribution >= 0.6 is 0 Å². The Balaban J connectivity index is 2.63. The molecule has 0 bridgehead atoms. The zero-order valence-corrected chi connectivity index (χ0v) is 5.52. The van der Waals surface area contributed by atoms with Crippen LogP contribution in [0.25, 0.3) is 0 Å². The predicted molar refractivity (Wildman–Crippen MR) is 36.7 cm³/mol. The molecule has 44 valence electrons. The van der Waals surface area contributed by atoms with Gasteiger partial charge in [-0.05, 0) is 19.3 Å². The van der Waals surface area contributed by atoms with Crippen LogP contribution in [0.5, 0.6) is 0 Å². The molecule has 0 amide bonds. The van der Waals surface area contributed by atoms with E-state index >= 15 is 0 Å². The molecular weight excluding hydrogens is 96.1 g/mol. The Hall–Kier alpha value is -0.520. The second kappa shape index (κ2) is 2.17. The lowest BCUT2D eigenvalue weighted by Gasteiger charge is -2.07. The lowest BCUT2D eigenvalue weighted by molar-refractivity contribution is 0.729. The predicted octanol–water partition coefficient (Wildman–Crippen LogP) is 2.53. The standard InChI is InChI=1S/C8H12/c1-7-4-3-5-8(2)6-7/h3-4,6,8H,5H2,1-2H3. The third-order valence-corrected chi connectivity index (χ3v) is 1.44. The first-order chi connectivity index (χ1) is 3.79. The van der Waals surface area contributed by atoms with Gasteiger partial charge in [0.25, 0.3) is 0 Å². The van der Waals surface area contributed by atoms with E-state index in [0.717, 1.165) is 5.92 Å². The zero-order valence-electron chi connectivity index (χ0n) is 5.52. The molecule has 0 heteroatoms. The van der Waals surface area contributed by atoms with Crippen molar-refractivity contribution in [1.82, 2.24) is 0 Å². The lowest BCUT2D eigenvalue weighted by Crippen LogP contribution is -1.91. The number of rotatable bonds is 0. The van der Waals surface area contributed by atoms with Gasteiger partial charge in [0.05, 0.1) is 0 Å². The van der Waals surface area contributed by atoms with Gasteiger partial charge < -0.3 is 0 Å². The molecule has 1 atom stereocenters. The van der Waals surface area contributed by atoms with Gasteiger partial charge in [-0.25, -0.2) is 0 Å². The minimum Gasteiger partial charge on any atom is -0.0837 e. The molecule has 1 unspecified atom stereocenters. The van der Waals surface area contributed by atoms with Crippen molar-refractivity contribution in [3.05, 3.63) is 23.8 Å². The Morgan fingerprint density at radius 3 is 2.75 bits per heavy atom. The van der Waals surface area contributed by atoms with Crippen LogP contribution in [0.2, 0.25) is 0 Å². The maximum atomic E-state index is 2.31. The van der Waals surface area contributed by atoms with E-state index in [2.05, 4.69) is 32.1 Å². The van der Waals surface area contributed by atoms with Crippen molar-refractivity contribution in [3.8, 4) is 0 Å². The van der Waals surface area contributed by atoms with E-state index in [9.17, 15) is 0 Å². The quantitative estimate of drug-likeness (QED) is 0.447. The van der Waals surface area contributed by atoms with Crippen molar-refractivity contribution in [2.24, 2.45) is 5.92 Å². The smallest absolute Gasteiger partial charge is 0.0222 e. The van der Waals surface area contributed by atoms with Gasteiger partial charge in [-0.3, -0.25) is 0 Å². The number of hydrogen-bond donors (Lipinski definition) is 0. The Labute approximate surface area is 50.9 Å². The van der Waals surface area contributed by atoms with Crippen molar-refractivity contribution in [3.63, 3.8) is 0 Å². The molecule has 1 aliphatic carbocycles. The summed E-state index contributed by atoms with van der Waals surface area (Å²) in [5, 5.41) is 0. The molecule has 0 saturated carbocycles. The average Bonchev–Trinajstić information content (AvgIpc) is 1.64. The Morgan fingerprint density at radius 1 is 1.62 bits per heavy atom. The first-order valence-corrected chi connectivity index (χ1v) is 3.14. The first-order valence-electron chi connectivity index (χ1n) is 3.14. The fourth-order valence-corrected chi connectivity index (χ4v) is 1.04. The molecule has 0 aromatic carbocycles. The summed E-state index contributed by atoms with van der Waals surface area (Å²) < 4.78 is 0. The zero-order chi connectivity index (χ0) is 5.98. The summed E-state index contributed by atoms with van der Waals surface area (Å²) in [5.41, 5.74) is 1.41. The molecule has 0 fully saturated rings. The van der Waals surface area contributed by atoms with E-state index in [1.165, 1.54) is 12.0 Å². The highest BCUT2D eigenvalue weighted by molar-refractivity contribution is 5.20. The summed E-state index contributed by atoms with van der Waals surface area (Å²) in [6.07, 6.45) is 7.94. The van der Waals surface area contributed by atoms with Gasteiger partial charge in [-0.2, -0.15) is 0 Å². The number of hydrogen-bond acceptors (Lipinski definition) is 0. The van der Waals surface area contributed by atoms with Gasteiger partial charge >= 0.3 is 0 Å². The molecular formula is C8H12. The van der Waals surface area contributed by atoms with Gasteiger partial charge in [0.15, 0.2) is 0 Å². The Morgan fingerprint density at radius 2 is 2.38 bits per heavy atom. The highest BCUT2D eigenvalue weighted by Crippen LogP contribution is 2.14.